The first-order valence-corrected chi connectivity index (χ1v) is 5.89. The molecule has 1 unspecified atom stereocenters. The van der Waals surface area contributed by atoms with Crippen LogP contribution in [0.3, 0.4) is 0 Å². The van der Waals surface area contributed by atoms with E-state index in [2.05, 4.69) is 48.6 Å². The van der Waals surface area contributed by atoms with Crippen LogP contribution in [0.5, 0.6) is 0 Å². The highest BCUT2D eigenvalue weighted by molar-refractivity contribution is 6.00. The Morgan fingerprint density at radius 2 is 1.82 bits per heavy atom. The average Bonchev–Trinajstić information content (AvgIpc) is 2.38. The lowest BCUT2D eigenvalue weighted by Crippen LogP contribution is -2.06. The minimum absolute atomic E-state index is 0.385. The van der Waals surface area contributed by atoms with E-state index in [9.17, 15) is 0 Å². The molecule has 78 valence electrons. The highest BCUT2D eigenvalue weighted by Crippen LogP contribution is 2.42. The molecular weight excluding hydrogens is 204 g/mol. The maximum Gasteiger partial charge on any atom is 0.187 e. The SMILES string of the molecule is [CH+]=C1C=CC2C=Cc3cccc4ccc1c2c34. The largest absolute Gasteiger partial charge is 0.187 e. The Hall–Kier alpha value is -2.17. The molecule has 1 atom stereocenters. The molecule has 0 nitrogen and oxygen atoms in total. The van der Waals surface area contributed by atoms with Gasteiger partial charge in [-0.1, -0.05) is 30.4 Å². The summed E-state index contributed by atoms with van der Waals surface area (Å²) in [6, 6.07) is 10.8. The highest BCUT2D eigenvalue weighted by Gasteiger charge is 2.28. The fraction of sp³-hybridized carbons (Fsp3) is 0.0588. The van der Waals surface area contributed by atoms with Gasteiger partial charge in [-0.2, -0.15) is 0 Å². The predicted molar refractivity (Wildman–Crippen MR) is 72.6 cm³/mol. The van der Waals surface area contributed by atoms with Crippen LogP contribution in [0, 0.1) is 6.58 Å². The van der Waals surface area contributed by atoms with Gasteiger partial charge in [0.2, 0.25) is 0 Å². The van der Waals surface area contributed by atoms with Gasteiger partial charge in [0, 0.05) is 29.5 Å². The monoisotopic (exact) mass is 215 g/mol. The first-order valence-electron chi connectivity index (χ1n) is 5.89. The molecule has 0 aliphatic heterocycles. The zero-order valence-electron chi connectivity index (χ0n) is 9.35. The van der Waals surface area contributed by atoms with Crippen molar-refractivity contribution in [1.82, 2.24) is 0 Å². The van der Waals surface area contributed by atoms with Crippen LogP contribution >= 0.6 is 0 Å². The average molecular weight is 215 g/mol. The van der Waals surface area contributed by atoms with E-state index < -0.39 is 0 Å². The van der Waals surface area contributed by atoms with Crippen molar-refractivity contribution in [3.05, 3.63) is 71.8 Å². The summed E-state index contributed by atoms with van der Waals surface area (Å²) >= 11 is 0. The maximum atomic E-state index is 6.08. The van der Waals surface area contributed by atoms with Crippen LogP contribution in [0.1, 0.15) is 22.6 Å². The minimum Gasteiger partial charge on any atom is -0.0702 e. The number of hydrogen-bond donors (Lipinski definition) is 0. The standard InChI is InChI=1S/C17H11/c1-11-5-6-14-8-7-12-3-2-4-13-9-10-15(11)17(14)16(12)13/h1-10,14H/q+1. The Kier molecular flexibility index (Phi) is 1.54. The molecule has 0 spiro atoms. The van der Waals surface area contributed by atoms with Crippen LogP contribution in [-0.2, 0) is 0 Å². The summed E-state index contributed by atoms with van der Waals surface area (Å²) in [5, 5.41) is 2.67. The molecule has 0 bridgehead atoms. The van der Waals surface area contributed by atoms with E-state index in [0.29, 0.717) is 5.92 Å². The number of rotatable bonds is 0. The molecule has 17 heavy (non-hydrogen) atoms. The third-order valence-corrected chi connectivity index (χ3v) is 3.73. The van der Waals surface area contributed by atoms with E-state index in [4.69, 9.17) is 6.58 Å². The second kappa shape index (κ2) is 2.94. The summed E-state index contributed by atoms with van der Waals surface area (Å²) in [5.41, 5.74) is 4.75. The van der Waals surface area contributed by atoms with E-state index in [1.165, 1.54) is 27.5 Å². The molecule has 0 radical (unpaired) electrons. The van der Waals surface area contributed by atoms with E-state index in [-0.39, 0.29) is 0 Å². The molecule has 0 heteroatoms. The lowest BCUT2D eigenvalue weighted by atomic mass is 9.78. The summed E-state index contributed by atoms with van der Waals surface area (Å²) in [7, 11) is 0. The lowest BCUT2D eigenvalue weighted by molar-refractivity contribution is 1.08. The van der Waals surface area contributed by atoms with Gasteiger partial charge in [0.05, 0.1) is 11.6 Å². The highest BCUT2D eigenvalue weighted by atomic mass is 14.3. The zero-order chi connectivity index (χ0) is 11.4. The van der Waals surface area contributed by atoms with Gasteiger partial charge in [0.25, 0.3) is 0 Å². The van der Waals surface area contributed by atoms with Gasteiger partial charge in [-0.25, -0.2) is 0 Å². The summed E-state index contributed by atoms with van der Waals surface area (Å²) < 4.78 is 0. The predicted octanol–water partition coefficient (Wildman–Crippen LogP) is 4.34. The van der Waals surface area contributed by atoms with Crippen molar-refractivity contribution >= 4 is 22.4 Å². The summed E-state index contributed by atoms with van der Waals surface area (Å²) in [5.74, 6) is 0.385. The molecule has 0 aromatic heterocycles. The van der Waals surface area contributed by atoms with Crippen LogP contribution in [0.4, 0.5) is 0 Å². The van der Waals surface area contributed by atoms with Gasteiger partial charge < -0.3 is 0 Å². The molecule has 2 aromatic carbocycles. The molecule has 0 heterocycles. The third-order valence-electron chi connectivity index (χ3n) is 3.73. The molecule has 0 fully saturated rings. The molecule has 0 saturated carbocycles. The Bertz CT molecular complexity index is 714. The van der Waals surface area contributed by atoms with Crippen molar-refractivity contribution in [3.8, 4) is 0 Å². The van der Waals surface area contributed by atoms with Crippen molar-refractivity contribution in [3.63, 3.8) is 0 Å². The number of allylic oxidation sites excluding steroid dienone is 4. The molecule has 2 aliphatic rings. The molecule has 0 amide bonds. The molecule has 4 rings (SSSR count). The minimum atomic E-state index is 0.385. The van der Waals surface area contributed by atoms with Gasteiger partial charge >= 0.3 is 0 Å². The van der Waals surface area contributed by atoms with Gasteiger partial charge in [-0.15, -0.1) is 0 Å². The van der Waals surface area contributed by atoms with E-state index in [1.807, 2.05) is 6.08 Å². The fourth-order valence-corrected chi connectivity index (χ4v) is 2.93. The van der Waals surface area contributed by atoms with Gasteiger partial charge in [-0.05, 0) is 23.1 Å². The number of benzene rings is 2. The summed E-state index contributed by atoms with van der Waals surface area (Å²) in [4.78, 5) is 0. The van der Waals surface area contributed by atoms with Crippen LogP contribution < -0.4 is 0 Å². The van der Waals surface area contributed by atoms with Crippen molar-refractivity contribution in [2.45, 2.75) is 5.92 Å². The van der Waals surface area contributed by atoms with Crippen molar-refractivity contribution in [2.75, 3.05) is 0 Å². The summed E-state index contributed by atoms with van der Waals surface area (Å²) in [6.07, 6.45) is 8.68. The maximum absolute atomic E-state index is 6.08. The van der Waals surface area contributed by atoms with Gasteiger partial charge in [-0.3, -0.25) is 0 Å². The Labute approximate surface area is 101 Å². The Morgan fingerprint density at radius 3 is 2.76 bits per heavy atom. The molecule has 2 aliphatic carbocycles. The van der Waals surface area contributed by atoms with E-state index >= 15 is 0 Å². The van der Waals surface area contributed by atoms with Gasteiger partial charge in [0.1, 0.15) is 0 Å². The third kappa shape index (κ3) is 1.06. The van der Waals surface area contributed by atoms with E-state index in [0.717, 1.165) is 5.57 Å². The van der Waals surface area contributed by atoms with Crippen LogP contribution in [0.15, 0.2) is 48.6 Å². The second-order valence-electron chi connectivity index (χ2n) is 4.67. The molecule has 0 N–H and O–H groups in total. The van der Waals surface area contributed by atoms with Crippen molar-refractivity contribution in [1.29, 1.82) is 0 Å². The van der Waals surface area contributed by atoms with Crippen LogP contribution in [-0.4, -0.2) is 0 Å². The first kappa shape index (κ1) is 8.92. The van der Waals surface area contributed by atoms with Crippen LogP contribution in [0.25, 0.3) is 22.4 Å². The van der Waals surface area contributed by atoms with Gasteiger partial charge in [0.15, 0.2) is 5.57 Å². The zero-order valence-corrected chi connectivity index (χ0v) is 9.35. The smallest absolute Gasteiger partial charge is 0.0702 e. The molecule has 0 saturated heterocycles. The molecule has 2 aromatic rings. The second-order valence-corrected chi connectivity index (χ2v) is 4.67. The number of hydrogen-bond acceptors (Lipinski definition) is 0. The molecular formula is C17H11+. The van der Waals surface area contributed by atoms with E-state index in [1.54, 1.807) is 0 Å². The topological polar surface area (TPSA) is 0 Å². The van der Waals surface area contributed by atoms with Crippen molar-refractivity contribution < 1.29 is 0 Å². The quantitative estimate of drug-likeness (QED) is 0.573. The lowest BCUT2D eigenvalue weighted by Gasteiger charge is -2.21. The fourth-order valence-electron chi connectivity index (χ4n) is 2.93. The van der Waals surface area contributed by atoms with Crippen molar-refractivity contribution in [2.24, 2.45) is 0 Å². The Balaban J connectivity index is 2.25. The summed E-state index contributed by atoms with van der Waals surface area (Å²) in [6.45, 7) is 6.08. The Morgan fingerprint density at radius 1 is 0.941 bits per heavy atom. The van der Waals surface area contributed by atoms with Crippen LogP contribution in [0.2, 0.25) is 0 Å². The normalized spacial score (nSPS) is 19.9. The first-order chi connectivity index (χ1) is 8.34.